The Labute approximate surface area is 108 Å². The molecule has 19 heavy (non-hydrogen) atoms. The maximum absolute atomic E-state index is 12.8. The van der Waals surface area contributed by atoms with Gasteiger partial charge >= 0.3 is 12.1 Å². The number of rotatable bonds is 3. The second-order valence-corrected chi connectivity index (χ2v) is 4.69. The standard InChI is InChI=1S/C13H14F3NO2/c14-13(15,16)11-7-9(5-6-10(11)12(18)19)17-8-3-1-2-4-8/h5-8,17H,1-4H2,(H,18,19). The summed E-state index contributed by atoms with van der Waals surface area (Å²) in [5.74, 6) is -1.57. The van der Waals surface area contributed by atoms with E-state index in [1.54, 1.807) is 0 Å². The van der Waals surface area contributed by atoms with Gasteiger partial charge in [0.05, 0.1) is 11.1 Å². The molecule has 1 aliphatic rings. The van der Waals surface area contributed by atoms with Crippen molar-refractivity contribution in [2.24, 2.45) is 0 Å². The highest BCUT2D eigenvalue weighted by Crippen LogP contribution is 2.34. The van der Waals surface area contributed by atoms with Crippen molar-refractivity contribution in [2.45, 2.75) is 37.9 Å². The van der Waals surface area contributed by atoms with Gasteiger partial charge in [-0.25, -0.2) is 4.79 Å². The average molecular weight is 273 g/mol. The summed E-state index contributed by atoms with van der Waals surface area (Å²) >= 11 is 0. The molecule has 0 bridgehead atoms. The summed E-state index contributed by atoms with van der Waals surface area (Å²) in [5, 5.41) is 11.8. The summed E-state index contributed by atoms with van der Waals surface area (Å²) in [4.78, 5) is 10.8. The third kappa shape index (κ3) is 3.19. The number of halogens is 3. The zero-order valence-electron chi connectivity index (χ0n) is 10.1. The molecule has 0 saturated heterocycles. The lowest BCUT2D eigenvalue weighted by Crippen LogP contribution is -2.17. The smallest absolute Gasteiger partial charge is 0.417 e. The summed E-state index contributed by atoms with van der Waals surface area (Å²) in [6.45, 7) is 0. The predicted octanol–water partition coefficient (Wildman–Crippen LogP) is 3.76. The maximum Gasteiger partial charge on any atom is 0.417 e. The molecule has 0 unspecified atom stereocenters. The third-order valence-electron chi connectivity index (χ3n) is 3.28. The van der Waals surface area contributed by atoms with Crippen molar-refractivity contribution in [3.63, 3.8) is 0 Å². The van der Waals surface area contributed by atoms with E-state index in [0.29, 0.717) is 5.69 Å². The quantitative estimate of drug-likeness (QED) is 0.881. The lowest BCUT2D eigenvalue weighted by molar-refractivity contribution is -0.138. The van der Waals surface area contributed by atoms with Crippen LogP contribution < -0.4 is 5.32 Å². The van der Waals surface area contributed by atoms with Crippen LogP contribution in [0.25, 0.3) is 0 Å². The Morgan fingerprint density at radius 2 is 1.89 bits per heavy atom. The molecule has 0 aliphatic heterocycles. The normalized spacial score (nSPS) is 16.6. The Balaban J connectivity index is 2.29. The van der Waals surface area contributed by atoms with E-state index in [4.69, 9.17) is 5.11 Å². The lowest BCUT2D eigenvalue weighted by atomic mass is 10.1. The SMILES string of the molecule is O=C(O)c1ccc(NC2CCCC2)cc1C(F)(F)F. The highest BCUT2D eigenvalue weighted by molar-refractivity contribution is 5.90. The largest absolute Gasteiger partial charge is 0.478 e. The van der Waals surface area contributed by atoms with Crippen molar-refractivity contribution >= 4 is 11.7 Å². The van der Waals surface area contributed by atoms with E-state index in [2.05, 4.69) is 5.32 Å². The zero-order chi connectivity index (χ0) is 14.0. The molecule has 1 saturated carbocycles. The van der Waals surface area contributed by atoms with Crippen LogP contribution in [0.2, 0.25) is 0 Å². The first-order valence-electron chi connectivity index (χ1n) is 6.09. The zero-order valence-corrected chi connectivity index (χ0v) is 10.1. The number of hydrogen-bond acceptors (Lipinski definition) is 2. The van der Waals surface area contributed by atoms with Gasteiger partial charge in [-0.15, -0.1) is 0 Å². The Morgan fingerprint density at radius 1 is 1.26 bits per heavy atom. The minimum Gasteiger partial charge on any atom is -0.478 e. The van der Waals surface area contributed by atoms with Crippen LogP contribution >= 0.6 is 0 Å². The third-order valence-corrected chi connectivity index (χ3v) is 3.28. The van der Waals surface area contributed by atoms with Gasteiger partial charge in [0.1, 0.15) is 0 Å². The molecule has 0 heterocycles. The number of alkyl halides is 3. The monoisotopic (exact) mass is 273 g/mol. The number of carboxylic acid groups (broad SMARTS) is 1. The number of hydrogen-bond donors (Lipinski definition) is 2. The van der Waals surface area contributed by atoms with E-state index in [-0.39, 0.29) is 6.04 Å². The van der Waals surface area contributed by atoms with Crippen molar-refractivity contribution in [1.29, 1.82) is 0 Å². The highest BCUT2D eigenvalue weighted by atomic mass is 19.4. The van der Waals surface area contributed by atoms with E-state index in [0.717, 1.165) is 37.8 Å². The van der Waals surface area contributed by atoms with Gasteiger partial charge in [-0.05, 0) is 31.0 Å². The molecule has 0 atom stereocenters. The van der Waals surface area contributed by atoms with Crippen LogP contribution in [-0.4, -0.2) is 17.1 Å². The van der Waals surface area contributed by atoms with Gasteiger partial charge in [0.2, 0.25) is 0 Å². The predicted molar refractivity (Wildman–Crippen MR) is 64.3 cm³/mol. The van der Waals surface area contributed by atoms with Gasteiger partial charge in [0.15, 0.2) is 0 Å². The molecule has 0 aromatic heterocycles. The Morgan fingerprint density at radius 3 is 2.42 bits per heavy atom. The Bertz CT molecular complexity index is 479. The van der Waals surface area contributed by atoms with Gasteiger partial charge in [-0.1, -0.05) is 12.8 Å². The Hall–Kier alpha value is -1.72. The first-order valence-corrected chi connectivity index (χ1v) is 6.09. The number of aromatic carboxylic acids is 1. The van der Waals surface area contributed by atoms with Crippen molar-refractivity contribution in [2.75, 3.05) is 5.32 Å². The van der Waals surface area contributed by atoms with E-state index in [1.807, 2.05) is 0 Å². The number of carboxylic acids is 1. The fourth-order valence-electron chi connectivity index (χ4n) is 2.36. The average Bonchev–Trinajstić information content (AvgIpc) is 2.80. The molecule has 2 N–H and O–H groups in total. The van der Waals surface area contributed by atoms with Crippen LogP contribution in [0.4, 0.5) is 18.9 Å². The molecule has 3 nitrogen and oxygen atoms in total. The minimum absolute atomic E-state index is 0.178. The van der Waals surface area contributed by atoms with Crippen molar-refractivity contribution in [1.82, 2.24) is 0 Å². The van der Waals surface area contributed by atoms with Crippen LogP contribution in [-0.2, 0) is 6.18 Å². The molecular weight excluding hydrogens is 259 g/mol. The van der Waals surface area contributed by atoms with Gasteiger partial charge < -0.3 is 10.4 Å². The van der Waals surface area contributed by atoms with Crippen LogP contribution in [0.15, 0.2) is 18.2 Å². The number of nitrogens with one attached hydrogen (secondary N) is 1. The summed E-state index contributed by atoms with van der Waals surface area (Å²) < 4.78 is 38.4. The lowest BCUT2D eigenvalue weighted by Gasteiger charge is -2.16. The second kappa shape index (κ2) is 5.11. The van der Waals surface area contributed by atoms with Crippen LogP contribution in [0.5, 0.6) is 0 Å². The molecule has 1 aromatic rings. The molecule has 1 fully saturated rings. The molecule has 2 rings (SSSR count). The molecule has 6 heteroatoms. The van der Waals surface area contributed by atoms with Crippen LogP contribution in [0.3, 0.4) is 0 Å². The minimum atomic E-state index is -4.67. The maximum atomic E-state index is 12.8. The first-order chi connectivity index (χ1) is 8.88. The molecule has 0 radical (unpaired) electrons. The van der Waals surface area contributed by atoms with Gasteiger partial charge in [-0.3, -0.25) is 0 Å². The number of anilines is 1. The summed E-state index contributed by atoms with van der Waals surface area (Å²) in [7, 11) is 0. The fourth-order valence-corrected chi connectivity index (χ4v) is 2.36. The van der Waals surface area contributed by atoms with Gasteiger partial charge in [-0.2, -0.15) is 13.2 Å². The molecule has 0 amide bonds. The molecule has 104 valence electrons. The highest BCUT2D eigenvalue weighted by Gasteiger charge is 2.35. The van der Waals surface area contributed by atoms with Gasteiger partial charge in [0, 0.05) is 11.7 Å². The van der Waals surface area contributed by atoms with Crippen molar-refractivity contribution < 1.29 is 23.1 Å². The summed E-state index contributed by atoms with van der Waals surface area (Å²) in [6, 6.07) is 3.44. The van der Waals surface area contributed by atoms with Crippen LogP contribution in [0, 0.1) is 0 Å². The summed E-state index contributed by atoms with van der Waals surface area (Å²) in [6.07, 6.45) is -0.667. The van der Waals surface area contributed by atoms with E-state index in [9.17, 15) is 18.0 Å². The molecule has 0 spiro atoms. The van der Waals surface area contributed by atoms with Crippen LogP contribution in [0.1, 0.15) is 41.6 Å². The van der Waals surface area contributed by atoms with E-state index >= 15 is 0 Å². The van der Waals surface area contributed by atoms with E-state index in [1.165, 1.54) is 6.07 Å². The van der Waals surface area contributed by atoms with Crippen molar-refractivity contribution in [3.8, 4) is 0 Å². The summed E-state index contributed by atoms with van der Waals surface area (Å²) in [5.41, 5.74) is -1.50. The topological polar surface area (TPSA) is 49.3 Å². The van der Waals surface area contributed by atoms with Gasteiger partial charge in [0.25, 0.3) is 0 Å². The molecular formula is C13H14F3NO2. The first kappa shape index (κ1) is 13.7. The van der Waals surface area contributed by atoms with E-state index < -0.39 is 23.3 Å². The number of carbonyl (C=O) groups is 1. The molecule has 1 aromatic carbocycles. The molecule has 1 aliphatic carbocycles. The fraction of sp³-hybridized carbons (Fsp3) is 0.462. The number of benzene rings is 1. The van der Waals surface area contributed by atoms with Crippen molar-refractivity contribution in [3.05, 3.63) is 29.3 Å². The second-order valence-electron chi connectivity index (χ2n) is 4.69. The Kier molecular flexibility index (Phi) is 3.68.